The van der Waals surface area contributed by atoms with E-state index in [0.717, 1.165) is 42.8 Å². The highest BCUT2D eigenvalue weighted by Gasteiger charge is 2.23. The molecule has 0 bridgehead atoms. The molecule has 0 radical (unpaired) electrons. The van der Waals surface area contributed by atoms with Crippen LogP contribution in [0.4, 0.5) is 22.2 Å². The van der Waals surface area contributed by atoms with E-state index in [1.54, 1.807) is 13.2 Å². The zero-order chi connectivity index (χ0) is 21.7. The number of nitrogens with one attached hydrogen (secondary N) is 3. The van der Waals surface area contributed by atoms with Crippen molar-refractivity contribution in [1.29, 1.82) is 0 Å². The fourth-order valence-electron chi connectivity index (χ4n) is 3.73. The molecule has 0 atom stereocenters. The Bertz CT molecular complexity index is 878. The maximum absolute atomic E-state index is 12.3. The van der Waals surface area contributed by atoms with Gasteiger partial charge in [-0.2, -0.15) is 4.98 Å². The van der Waals surface area contributed by atoms with Gasteiger partial charge in [-0.05, 0) is 51.7 Å². The molecule has 0 saturated heterocycles. The van der Waals surface area contributed by atoms with E-state index in [1.807, 2.05) is 51.0 Å². The van der Waals surface area contributed by atoms with E-state index in [4.69, 9.17) is 4.74 Å². The smallest absolute Gasteiger partial charge is 0.319 e. The third-order valence-corrected chi connectivity index (χ3v) is 5.51. The van der Waals surface area contributed by atoms with Crippen LogP contribution in [0.2, 0.25) is 0 Å². The number of methoxy groups -OCH3 is 1. The number of carbonyl (C=O) groups excluding carboxylic acids is 1. The molecule has 1 aromatic carbocycles. The highest BCUT2D eigenvalue weighted by Crippen LogP contribution is 2.24. The van der Waals surface area contributed by atoms with Crippen LogP contribution in [0.25, 0.3) is 0 Å². The SMILES string of the molecule is COc1cccc(NC(=O)NC2CCC(Nc3nc(C)c(C)c(N(C)C)n3)CC2)c1. The van der Waals surface area contributed by atoms with Crippen molar-refractivity contribution in [3.05, 3.63) is 35.5 Å². The Labute approximate surface area is 178 Å². The first-order chi connectivity index (χ1) is 14.4. The normalized spacial score (nSPS) is 18.4. The number of hydrogen-bond donors (Lipinski definition) is 3. The van der Waals surface area contributed by atoms with Gasteiger partial charge in [0, 0.05) is 49.2 Å². The van der Waals surface area contributed by atoms with E-state index in [9.17, 15) is 4.79 Å². The molecule has 162 valence electrons. The monoisotopic (exact) mass is 412 g/mol. The molecule has 3 N–H and O–H groups in total. The molecule has 0 unspecified atom stereocenters. The minimum atomic E-state index is -0.187. The first kappa shape index (κ1) is 21.7. The maximum atomic E-state index is 12.3. The van der Waals surface area contributed by atoms with Crippen molar-refractivity contribution in [3.8, 4) is 5.75 Å². The van der Waals surface area contributed by atoms with Crippen LogP contribution in [-0.2, 0) is 0 Å². The molecule has 2 aromatic rings. The zero-order valence-corrected chi connectivity index (χ0v) is 18.5. The number of urea groups is 1. The fraction of sp³-hybridized carbons (Fsp3) is 0.500. The van der Waals surface area contributed by atoms with Gasteiger partial charge in [0.15, 0.2) is 0 Å². The number of benzene rings is 1. The van der Waals surface area contributed by atoms with Gasteiger partial charge in [-0.15, -0.1) is 0 Å². The van der Waals surface area contributed by atoms with Crippen molar-refractivity contribution in [2.75, 3.05) is 36.7 Å². The Morgan fingerprint density at radius 3 is 2.47 bits per heavy atom. The third kappa shape index (κ3) is 5.52. The second-order valence-corrected chi connectivity index (χ2v) is 8.00. The quantitative estimate of drug-likeness (QED) is 0.670. The molecule has 1 aliphatic rings. The summed E-state index contributed by atoms with van der Waals surface area (Å²) in [7, 11) is 5.59. The number of amides is 2. The van der Waals surface area contributed by atoms with E-state index in [1.165, 1.54) is 0 Å². The zero-order valence-electron chi connectivity index (χ0n) is 18.5. The number of anilines is 3. The van der Waals surface area contributed by atoms with Crippen LogP contribution in [0.3, 0.4) is 0 Å². The lowest BCUT2D eigenvalue weighted by Gasteiger charge is -2.30. The molecule has 0 aliphatic heterocycles. The second kappa shape index (κ2) is 9.65. The highest BCUT2D eigenvalue weighted by molar-refractivity contribution is 5.89. The van der Waals surface area contributed by atoms with Crippen molar-refractivity contribution in [2.45, 2.75) is 51.6 Å². The molecule has 0 spiro atoms. The average Bonchev–Trinajstić information content (AvgIpc) is 2.72. The Hall–Kier alpha value is -3.03. The first-order valence-corrected chi connectivity index (χ1v) is 10.4. The average molecular weight is 413 g/mol. The Morgan fingerprint density at radius 1 is 1.10 bits per heavy atom. The number of aromatic nitrogens is 2. The molecule has 1 heterocycles. The van der Waals surface area contributed by atoms with Crippen molar-refractivity contribution in [1.82, 2.24) is 15.3 Å². The molecular formula is C22H32N6O2. The lowest BCUT2D eigenvalue weighted by Crippen LogP contribution is -2.42. The Kier molecular flexibility index (Phi) is 6.97. The van der Waals surface area contributed by atoms with Gasteiger partial charge in [0.05, 0.1) is 7.11 Å². The number of nitrogens with zero attached hydrogens (tertiary/aromatic N) is 3. The molecule has 1 saturated carbocycles. The number of hydrogen-bond acceptors (Lipinski definition) is 6. The lowest BCUT2D eigenvalue weighted by molar-refractivity contribution is 0.243. The molecule has 1 aromatic heterocycles. The molecule has 30 heavy (non-hydrogen) atoms. The minimum absolute atomic E-state index is 0.159. The summed E-state index contributed by atoms with van der Waals surface area (Å²) in [6.45, 7) is 4.05. The van der Waals surface area contributed by atoms with Crippen LogP contribution >= 0.6 is 0 Å². The first-order valence-electron chi connectivity index (χ1n) is 10.4. The third-order valence-electron chi connectivity index (χ3n) is 5.51. The summed E-state index contributed by atoms with van der Waals surface area (Å²) < 4.78 is 5.19. The largest absolute Gasteiger partial charge is 0.497 e. The maximum Gasteiger partial charge on any atom is 0.319 e. The summed E-state index contributed by atoms with van der Waals surface area (Å²) in [5.41, 5.74) is 2.80. The standard InChI is InChI=1S/C22H32N6O2/c1-14-15(2)23-21(27-20(14)28(3)4)24-16-9-11-17(12-10-16)25-22(29)26-18-7-6-8-19(13-18)30-5/h6-8,13,16-17H,9-12H2,1-5H3,(H,23,24,27)(H2,25,26,29). The molecular weight excluding hydrogens is 380 g/mol. The van der Waals surface area contributed by atoms with Crippen molar-refractivity contribution in [3.63, 3.8) is 0 Å². The minimum Gasteiger partial charge on any atom is -0.497 e. The van der Waals surface area contributed by atoms with E-state index in [0.29, 0.717) is 23.4 Å². The molecule has 2 amide bonds. The van der Waals surface area contributed by atoms with Crippen molar-refractivity contribution >= 4 is 23.5 Å². The van der Waals surface area contributed by atoms with Crippen molar-refractivity contribution < 1.29 is 9.53 Å². The number of rotatable bonds is 6. The summed E-state index contributed by atoms with van der Waals surface area (Å²) in [6, 6.07) is 7.61. The van der Waals surface area contributed by atoms with Gasteiger partial charge in [0.1, 0.15) is 11.6 Å². The van der Waals surface area contributed by atoms with Crippen molar-refractivity contribution in [2.24, 2.45) is 0 Å². The van der Waals surface area contributed by atoms with Crippen LogP contribution < -0.4 is 25.6 Å². The van der Waals surface area contributed by atoms with E-state index >= 15 is 0 Å². The van der Waals surface area contributed by atoms with Gasteiger partial charge < -0.3 is 25.6 Å². The van der Waals surface area contributed by atoms with Gasteiger partial charge in [0.25, 0.3) is 0 Å². The molecule has 3 rings (SSSR count). The van der Waals surface area contributed by atoms with Crippen LogP contribution in [-0.4, -0.2) is 49.3 Å². The molecule has 8 nitrogen and oxygen atoms in total. The summed E-state index contributed by atoms with van der Waals surface area (Å²) in [6.07, 6.45) is 3.73. The number of aryl methyl sites for hydroxylation is 1. The topological polar surface area (TPSA) is 91.4 Å². The van der Waals surface area contributed by atoms with Gasteiger partial charge >= 0.3 is 6.03 Å². The van der Waals surface area contributed by atoms with Gasteiger partial charge in [-0.3, -0.25) is 0 Å². The van der Waals surface area contributed by atoms with Crippen LogP contribution in [0, 0.1) is 13.8 Å². The fourth-order valence-corrected chi connectivity index (χ4v) is 3.73. The summed E-state index contributed by atoms with van der Waals surface area (Å²) in [4.78, 5) is 23.6. The molecule has 8 heteroatoms. The molecule has 1 fully saturated rings. The lowest BCUT2D eigenvalue weighted by atomic mass is 9.91. The number of ether oxygens (including phenoxy) is 1. The van der Waals surface area contributed by atoms with E-state index in [-0.39, 0.29) is 12.1 Å². The number of carbonyl (C=O) groups is 1. The van der Waals surface area contributed by atoms with Crippen LogP contribution in [0.1, 0.15) is 36.9 Å². The summed E-state index contributed by atoms with van der Waals surface area (Å²) in [5.74, 6) is 2.33. The summed E-state index contributed by atoms with van der Waals surface area (Å²) >= 11 is 0. The summed E-state index contributed by atoms with van der Waals surface area (Å²) in [5, 5.41) is 9.43. The van der Waals surface area contributed by atoms with Crippen LogP contribution in [0.15, 0.2) is 24.3 Å². The van der Waals surface area contributed by atoms with Gasteiger partial charge in [-0.25, -0.2) is 9.78 Å². The van der Waals surface area contributed by atoms with Crippen LogP contribution in [0.5, 0.6) is 5.75 Å². The Balaban J connectivity index is 1.49. The second-order valence-electron chi connectivity index (χ2n) is 8.00. The highest BCUT2D eigenvalue weighted by atomic mass is 16.5. The predicted molar refractivity (Wildman–Crippen MR) is 121 cm³/mol. The van der Waals surface area contributed by atoms with E-state index < -0.39 is 0 Å². The molecule has 1 aliphatic carbocycles. The van der Waals surface area contributed by atoms with Gasteiger partial charge in [-0.1, -0.05) is 6.07 Å². The van der Waals surface area contributed by atoms with E-state index in [2.05, 4.69) is 25.9 Å². The van der Waals surface area contributed by atoms with Gasteiger partial charge in [0.2, 0.25) is 5.95 Å². The predicted octanol–water partition coefficient (Wildman–Crippen LogP) is 3.71. The Morgan fingerprint density at radius 2 is 1.80 bits per heavy atom.